The average molecular weight is 317 g/mol. The Morgan fingerprint density at radius 1 is 1.22 bits per heavy atom. The van der Waals surface area contributed by atoms with E-state index in [1.54, 1.807) is 41.0 Å². The lowest BCUT2D eigenvalue weighted by molar-refractivity contribution is -0.147. The van der Waals surface area contributed by atoms with Gasteiger partial charge in [-0.25, -0.2) is 4.79 Å². The summed E-state index contributed by atoms with van der Waals surface area (Å²) in [6, 6.07) is 6.70. The molecule has 2 fully saturated rings. The minimum absolute atomic E-state index is 0.138. The molecule has 0 spiro atoms. The van der Waals surface area contributed by atoms with Gasteiger partial charge in [0, 0.05) is 37.4 Å². The maximum atomic E-state index is 12.5. The summed E-state index contributed by atoms with van der Waals surface area (Å²) in [5.74, 6) is -1.05. The first-order valence-corrected chi connectivity index (χ1v) is 7.59. The number of carbonyl (C=O) groups excluding carboxylic acids is 2. The molecule has 0 aliphatic carbocycles. The van der Waals surface area contributed by atoms with E-state index in [0.29, 0.717) is 31.6 Å². The van der Waals surface area contributed by atoms with E-state index in [0.717, 1.165) is 5.69 Å². The Bertz CT molecular complexity index is 658. The zero-order chi connectivity index (χ0) is 16.6. The summed E-state index contributed by atoms with van der Waals surface area (Å²) in [6.45, 7) is 3.54. The largest absolute Gasteiger partial charge is 0.481 e. The van der Waals surface area contributed by atoms with Crippen LogP contribution in [0.25, 0.3) is 0 Å². The molecule has 0 aromatic heterocycles. The number of rotatable bonds is 3. The number of nitrogens with zero attached hydrogens (tertiary/aromatic N) is 2. The van der Waals surface area contributed by atoms with Gasteiger partial charge in [0.2, 0.25) is 0 Å². The fraction of sp³-hybridized carbons (Fsp3) is 0.438. The van der Waals surface area contributed by atoms with E-state index in [4.69, 9.17) is 0 Å². The van der Waals surface area contributed by atoms with Crippen molar-refractivity contribution in [1.29, 1.82) is 0 Å². The second-order valence-electron chi connectivity index (χ2n) is 6.27. The third-order valence-electron chi connectivity index (χ3n) is 4.56. The van der Waals surface area contributed by atoms with Gasteiger partial charge in [0.25, 0.3) is 5.91 Å². The Kier molecular flexibility index (Phi) is 3.71. The van der Waals surface area contributed by atoms with Crippen LogP contribution in [0.1, 0.15) is 23.7 Å². The fourth-order valence-electron chi connectivity index (χ4n) is 2.99. The Morgan fingerprint density at radius 2 is 1.91 bits per heavy atom. The van der Waals surface area contributed by atoms with Gasteiger partial charge in [-0.15, -0.1) is 0 Å². The smallest absolute Gasteiger partial charge is 0.321 e. The highest BCUT2D eigenvalue weighted by Crippen LogP contribution is 2.31. The van der Waals surface area contributed by atoms with Crippen molar-refractivity contribution in [1.82, 2.24) is 10.2 Å². The molecule has 23 heavy (non-hydrogen) atoms. The summed E-state index contributed by atoms with van der Waals surface area (Å²) in [4.78, 5) is 38.6. The zero-order valence-corrected chi connectivity index (χ0v) is 12.9. The number of nitrogens with one attached hydrogen (secondary N) is 1. The molecule has 0 saturated carbocycles. The van der Waals surface area contributed by atoms with E-state index in [1.807, 2.05) is 0 Å². The molecule has 1 atom stereocenters. The van der Waals surface area contributed by atoms with Crippen molar-refractivity contribution < 1.29 is 19.5 Å². The van der Waals surface area contributed by atoms with Gasteiger partial charge in [-0.3, -0.25) is 14.5 Å². The molecule has 3 rings (SSSR count). The van der Waals surface area contributed by atoms with Gasteiger partial charge in [-0.1, -0.05) is 0 Å². The van der Waals surface area contributed by atoms with E-state index in [1.165, 1.54) is 0 Å². The van der Waals surface area contributed by atoms with Gasteiger partial charge >= 0.3 is 12.0 Å². The third kappa shape index (κ3) is 2.74. The molecule has 3 amide bonds. The molecule has 122 valence electrons. The van der Waals surface area contributed by atoms with Crippen molar-refractivity contribution in [2.75, 3.05) is 31.1 Å². The highest BCUT2D eigenvalue weighted by Gasteiger charge is 2.42. The van der Waals surface area contributed by atoms with Gasteiger partial charge in [0.05, 0.1) is 5.41 Å². The minimum Gasteiger partial charge on any atom is -0.481 e. The lowest BCUT2D eigenvalue weighted by atomic mass is 9.90. The maximum Gasteiger partial charge on any atom is 0.321 e. The van der Waals surface area contributed by atoms with Gasteiger partial charge < -0.3 is 15.3 Å². The van der Waals surface area contributed by atoms with Crippen LogP contribution in [0, 0.1) is 5.41 Å². The average Bonchev–Trinajstić information content (AvgIpc) is 3.14. The minimum atomic E-state index is -0.872. The number of anilines is 1. The number of carbonyl (C=O) groups is 3. The molecular formula is C16H19N3O4. The number of aliphatic carboxylic acids is 1. The summed E-state index contributed by atoms with van der Waals surface area (Å²) in [7, 11) is 0. The molecule has 2 heterocycles. The highest BCUT2D eigenvalue weighted by atomic mass is 16.4. The summed E-state index contributed by atoms with van der Waals surface area (Å²) >= 11 is 0. The number of benzene rings is 1. The van der Waals surface area contributed by atoms with Crippen LogP contribution in [0.4, 0.5) is 10.5 Å². The molecule has 7 heteroatoms. The van der Waals surface area contributed by atoms with Crippen molar-refractivity contribution in [2.45, 2.75) is 13.3 Å². The molecule has 0 radical (unpaired) electrons. The molecule has 1 aromatic carbocycles. The first-order chi connectivity index (χ1) is 10.9. The van der Waals surface area contributed by atoms with Gasteiger partial charge in [0.1, 0.15) is 0 Å². The SMILES string of the molecule is CC1(C(=O)O)CCN(C(=O)c2ccc(N3CCNC3=O)cc2)C1. The standard InChI is InChI=1S/C16H19N3O4/c1-16(14(21)22)6-8-18(10-16)13(20)11-2-4-12(5-3-11)19-9-7-17-15(19)23/h2-5H,6-10H2,1H3,(H,17,23)(H,21,22). The van der Waals surface area contributed by atoms with Crippen molar-refractivity contribution in [2.24, 2.45) is 5.41 Å². The zero-order valence-electron chi connectivity index (χ0n) is 12.9. The van der Waals surface area contributed by atoms with Crippen LogP contribution in [0.3, 0.4) is 0 Å². The van der Waals surface area contributed by atoms with Crippen LogP contribution in [0.5, 0.6) is 0 Å². The van der Waals surface area contributed by atoms with E-state index in [2.05, 4.69) is 5.32 Å². The van der Waals surface area contributed by atoms with Crippen molar-refractivity contribution in [3.8, 4) is 0 Å². The van der Waals surface area contributed by atoms with Crippen molar-refractivity contribution in [3.63, 3.8) is 0 Å². The molecule has 2 aliphatic rings. The van der Waals surface area contributed by atoms with Gasteiger partial charge in [-0.05, 0) is 37.6 Å². The first-order valence-electron chi connectivity index (χ1n) is 7.59. The Morgan fingerprint density at radius 3 is 2.43 bits per heavy atom. The predicted molar refractivity (Wildman–Crippen MR) is 83.5 cm³/mol. The number of hydrogen-bond acceptors (Lipinski definition) is 3. The summed E-state index contributed by atoms with van der Waals surface area (Å²) in [5.41, 5.74) is 0.375. The fourth-order valence-corrected chi connectivity index (χ4v) is 2.99. The Labute approximate surface area is 133 Å². The monoisotopic (exact) mass is 317 g/mol. The number of amides is 3. The number of hydrogen-bond donors (Lipinski definition) is 2. The summed E-state index contributed by atoms with van der Waals surface area (Å²) in [5, 5.41) is 12.0. The topological polar surface area (TPSA) is 89.9 Å². The van der Waals surface area contributed by atoms with Crippen LogP contribution < -0.4 is 10.2 Å². The molecule has 0 bridgehead atoms. The van der Waals surface area contributed by atoms with Crippen LogP contribution in [-0.2, 0) is 4.79 Å². The molecule has 2 saturated heterocycles. The van der Waals surface area contributed by atoms with Gasteiger partial charge in [0.15, 0.2) is 0 Å². The van der Waals surface area contributed by atoms with Crippen molar-refractivity contribution in [3.05, 3.63) is 29.8 Å². The predicted octanol–water partition coefficient (Wildman–Crippen LogP) is 1.15. The van der Waals surface area contributed by atoms with E-state index >= 15 is 0 Å². The quantitative estimate of drug-likeness (QED) is 0.875. The molecule has 2 N–H and O–H groups in total. The number of urea groups is 1. The van der Waals surface area contributed by atoms with Crippen LogP contribution >= 0.6 is 0 Å². The molecule has 7 nitrogen and oxygen atoms in total. The lowest BCUT2D eigenvalue weighted by Gasteiger charge is -2.20. The second-order valence-corrected chi connectivity index (χ2v) is 6.27. The van der Waals surface area contributed by atoms with Gasteiger partial charge in [-0.2, -0.15) is 0 Å². The molecule has 1 unspecified atom stereocenters. The van der Waals surface area contributed by atoms with Crippen LogP contribution in [0.2, 0.25) is 0 Å². The van der Waals surface area contributed by atoms with E-state index in [9.17, 15) is 19.5 Å². The summed E-state index contributed by atoms with van der Waals surface area (Å²) in [6.07, 6.45) is 0.458. The lowest BCUT2D eigenvalue weighted by Crippen LogP contribution is -2.34. The molecule has 1 aromatic rings. The van der Waals surface area contributed by atoms with E-state index < -0.39 is 11.4 Å². The highest BCUT2D eigenvalue weighted by molar-refractivity contribution is 5.97. The number of carboxylic acid groups (broad SMARTS) is 1. The van der Waals surface area contributed by atoms with Crippen molar-refractivity contribution >= 4 is 23.6 Å². The Balaban J connectivity index is 1.71. The Hall–Kier alpha value is -2.57. The molecular weight excluding hydrogens is 298 g/mol. The second kappa shape index (κ2) is 5.57. The number of likely N-dealkylation sites (tertiary alicyclic amines) is 1. The van der Waals surface area contributed by atoms with Crippen LogP contribution in [0.15, 0.2) is 24.3 Å². The normalized spacial score (nSPS) is 24.0. The first kappa shape index (κ1) is 15.3. The summed E-state index contributed by atoms with van der Waals surface area (Å²) < 4.78 is 0. The third-order valence-corrected chi connectivity index (χ3v) is 4.56. The maximum absolute atomic E-state index is 12.5. The molecule has 2 aliphatic heterocycles. The van der Waals surface area contributed by atoms with Crippen LogP contribution in [-0.4, -0.2) is 54.1 Å². The number of carboxylic acids is 1. The van der Waals surface area contributed by atoms with E-state index in [-0.39, 0.29) is 18.5 Å².